The highest BCUT2D eigenvalue weighted by Gasteiger charge is 2.64. The van der Waals surface area contributed by atoms with Crippen molar-refractivity contribution in [3.8, 4) is 0 Å². The van der Waals surface area contributed by atoms with Crippen LogP contribution in [0.25, 0.3) is 0 Å². The summed E-state index contributed by atoms with van der Waals surface area (Å²) in [6.45, 7) is 5.50. The van der Waals surface area contributed by atoms with Crippen molar-refractivity contribution in [3.05, 3.63) is 0 Å². The molecule has 0 N–H and O–H groups in total. The number of alkyl halides is 3. The average molecular weight is 385 g/mol. The molecule has 2 aliphatic heterocycles. The first-order chi connectivity index (χ1) is 12.5. The van der Waals surface area contributed by atoms with Gasteiger partial charge in [0.05, 0.1) is 0 Å². The minimum Gasteiger partial charge on any atom is -0.333 e. The van der Waals surface area contributed by atoms with E-state index in [9.17, 15) is 18.0 Å². The normalized spacial score (nSPS) is 45.3. The first kappa shape index (κ1) is 17.6. The summed E-state index contributed by atoms with van der Waals surface area (Å²) in [5.74, 6) is -0.655. The predicted octanol–water partition coefficient (Wildman–Crippen LogP) is 4.05. The van der Waals surface area contributed by atoms with Gasteiger partial charge in [0.2, 0.25) is 0 Å². The molecule has 3 unspecified atom stereocenters. The number of hydrazone groups is 1. The lowest BCUT2D eigenvalue weighted by Gasteiger charge is -2.65. The van der Waals surface area contributed by atoms with Gasteiger partial charge in [-0.3, -0.25) is 0 Å². The van der Waals surface area contributed by atoms with Gasteiger partial charge in [-0.25, -0.2) is 4.79 Å². The van der Waals surface area contributed by atoms with Gasteiger partial charge in [0.1, 0.15) is 5.84 Å². The van der Waals surface area contributed by atoms with Crippen molar-refractivity contribution >= 4 is 11.8 Å². The van der Waals surface area contributed by atoms with E-state index in [1.54, 1.807) is 0 Å². The zero-order valence-electron chi connectivity index (χ0n) is 15.8. The first-order valence-electron chi connectivity index (χ1n) is 9.95. The monoisotopic (exact) mass is 385 g/mol. The van der Waals surface area contributed by atoms with Crippen molar-refractivity contribution in [3.63, 3.8) is 0 Å². The lowest BCUT2D eigenvalue weighted by molar-refractivity contribution is -0.248. The molecule has 27 heavy (non-hydrogen) atoms. The number of fused-ring (bicyclic) bond motifs is 1. The van der Waals surface area contributed by atoms with Crippen LogP contribution < -0.4 is 0 Å². The van der Waals surface area contributed by atoms with Gasteiger partial charge in [0, 0.05) is 12.0 Å². The second-order valence-electron chi connectivity index (χ2n) is 10.3. The average Bonchev–Trinajstić information content (AvgIpc) is 3.06. The molecule has 6 rings (SSSR count). The van der Waals surface area contributed by atoms with Crippen LogP contribution >= 0.6 is 0 Å². The summed E-state index contributed by atoms with van der Waals surface area (Å²) in [7, 11) is 0. The molecule has 3 atom stereocenters. The summed E-state index contributed by atoms with van der Waals surface area (Å²) in [5.41, 5.74) is 0.467. The fourth-order valence-electron chi connectivity index (χ4n) is 7.77. The van der Waals surface area contributed by atoms with Gasteiger partial charge < -0.3 is 9.74 Å². The second-order valence-corrected chi connectivity index (χ2v) is 10.3. The van der Waals surface area contributed by atoms with Crippen LogP contribution in [0.4, 0.5) is 13.2 Å². The van der Waals surface area contributed by atoms with E-state index in [2.05, 4.69) is 28.7 Å². The molecule has 0 aromatic heterocycles. The lowest BCUT2D eigenvalue weighted by atomic mass is 9.40. The summed E-state index contributed by atoms with van der Waals surface area (Å²) < 4.78 is 38.1. The predicted molar refractivity (Wildman–Crippen MR) is 91.0 cm³/mol. The maximum Gasteiger partial charge on any atom is 0.493 e. The van der Waals surface area contributed by atoms with E-state index in [1.807, 2.05) is 0 Å². The van der Waals surface area contributed by atoms with Crippen LogP contribution in [-0.4, -0.2) is 40.8 Å². The molecule has 2 heterocycles. The van der Waals surface area contributed by atoms with Gasteiger partial charge in [-0.1, -0.05) is 19.0 Å². The molecular weight excluding hydrogens is 359 g/mol. The van der Waals surface area contributed by atoms with Crippen molar-refractivity contribution in [2.45, 2.75) is 77.6 Å². The molecule has 0 radical (unpaired) electrons. The van der Waals surface area contributed by atoms with Crippen molar-refractivity contribution in [1.82, 2.24) is 10.1 Å². The third-order valence-corrected chi connectivity index (χ3v) is 7.45. The Kier molecular flexibility index (Phi) is 3.34. The first-order valence-corrected chi connectivity index (χ1v) is 9.95. The number of halogens is 3. The second kappa shape index (κ2) is 5.11. The molecule has 0 amide bonds. The molecule has 6 aliphatic rings. The fraction of sp³-hybridized carbons (Fsp3) is 0.895. The Labute approximate surface area is 156 Å². The Balaban J connectivity index is 1.49. The number of hydroxylamine groups is 1. The molecule has 4 bridgehead atoms. The molecule has 4 aliphatic carbocycles. The Morgan fingerprint density at radius 1 is 1.15 bits per heavy atom. The van der Waals surface area contributed by atoms with Crippen molar-refractivity contribution in [2.24, 2.45) is 27.3 Å². The van der Waals surface area contributed by atoms with E-state index in [1.165, 1.54) is 19.3 Å². The molecule has 8 heteroatoms. The standard InChI is InChI=1S/C19H26F3N3O2/c1-16-6-12-7-17(2,9-16)11-18(8-12,10-16)14-23-25(13-4-3-5-24(13)14)27-15(26)19(20,21)22/h12-13H,3-11H2,1-2H3. The number of hydrogen-bond donors (Lipinski definition) is 0. The number of hydrogen-bond acceptors (Lipinski definition) is 5. The maximum atomic E-state index is 12.7. The molecule has 5 nitrogen and oxygen atoms in total. The minimum absolute atomic E-state index is 0.0924. The van der Waals surface area contributed by atoms with E-state index < -0.39 is 12.1 Å². The third-order valence-electron chi connectivity index (χ3n) is 7.45. The van der Waals surface area contributed by atoms with Crippen LogP contribution in [0.5, 0.6) is 0 Å². The lowest BCUT2D eigenvalue weighted by Crippen LogP contribution is -2.60. The largest absolute Gasteiger partial charge is 0.493 e. The number of nitrogens with zero attached hydrogens (tertiary/aromatic N) is 3. The number of carbonyl (C=O) groups excluding carboxylic acids is 1. The van der Waals surface area contributed by atoms with Crippen molar-refractivity contribution < 1.29 is 22.8 Å². The van der Waals surface area contributed by atoms with E-state index in [0.29, 0.717) is 12.3 Å². The van der Waals surface area contributed by atoms with Gasteiger partial charge in [0.15, 0.2) is 6.17 Å². The van der Waals surface area contributed by atoms with Gasteiger partial charge >= 0.3 is 12.1 Å². The van der Waals surface area contributed by atoms with Crippen LogP contribution in [0.2, 0.25) is 0 Å². The van der Waals surface area contributed by atoms with Gasteiger partial charge in [-0.05, 0) is 68.1 Å². The Morgan fingerprint density at radius 3 is 2.41 bits per heavy atom. The van der Waals surface area contributed by atoms with Gasteiger partial charge in [0.25, 0.3) is 0 Å². The van der Waals surface area contributed by atoms with Crippen LogP contribution in [0.15, 0.2) is 5.10 Å². The Morgan fingerprint density at radius 2 is 1.81 bits per heavy atom. The van der Waals surface area contributed by atoms with E-state index in [-0.39, 0.29) is 22.4 Å². The third kappa shape index (κ3) is 2.58. The molecule has 0 aromatic rings. The van der Waals surface area contributed by atoms with E-state index in [0.717, 1.165) is 43.2 Å². The molecule has 0 aromatic carbocycles. The quantitative estimate of drug-likeness (QED) is 0.719. The molecule has 5 fully saturated rings. The Hall–Kier alpha value is -1.47. The Bertz CT molecular complexity index is 703. The van der Waals surface area contributed by atoms with Gasteiger partial charge in [-0.2, -0.15) is 13.2 Å². The zero-order chi connectivity index (χ0) is 19.2. The molecular formula is C19H26F3N3O2. The fourth-order valence-corrected chi connectivity index (χ4v) is 7.77. The summed E-state index contributed by atoms with van der Waals surface area (Å²) in [6.07, 6.45) is 2.97. The van der Waals surface area contributed by atoms with Gasteiger partial charge in [-0.15, -0.1) is 5.10 Å². The van der Waals surface area contributed by atoms with Crippen LogP contribution in [0, 0.1) is 22.2 Å². The molecule has 150 valence electrons. The number of amidine groups is 1. The number of carbonyl (C=O) groups is 1. The smallest absolute Gasteiger partial charge is 0.333 e. The minimum atomic E-state index is -5.01. The van der Waals surface area contributed by atoms with Crippen LogP contribution in [-0.2, 0) is 9.63 Å². The van der Waals surface area contributed by atoms with Crippen molar-refractivity contribution in [1.29, 1.82) is 0 Å². The zero-order valence-corrected chi connectivity index (χ0v) is 15.8. The molecule has 0 spiro atoms. The maximum absolute atomic E-state index is 12.7. The van der Waals surface area contributed by atoms with Crippen LogP contribution in [0.3, 0.4) is 0 Å². The van der Waals surface area contributed by atoms with Crippen molar-refractivity contribution in [2.75, 3.05) is 6.54 Å². The van der Waals surface area contributed by atoms with E-state index in [4.69, 9.17) is 0 Å². The molecule has 4 saturated carbocycles. The summed E-state index contributed by atoms with van der Waals surface area (Å²) in [6, 6.07) is 0. The van der Waals surface area contributed by atoms with E-state index >= 15 is 0 Å². The topological polar surface area (TPSA) is 45.1 Å². The highest BCUT2D eigenvalue weighted by molar-refractivity contribution is 5.90. The molecule has 1 saturated heterocycles. The highest BCUT2D eigenvalue weighted by Crippen LogP contribution is 2.70. The number of rotatable bonds is 2. The highest BCUT2D eigenvalue weighted by atomic mass is 19.4. The summed E-state index contributed by atoms with van der Waals surface area (Å²) in [5, 5.41) is 5.46. The SMILES string of the molecule is CC12CC3CC(C)(C1)CC(C1=NN(OC(=O)C(F)(F)F)C4CCCN14)(C3)C2. The van der Waals surface area contributed by atoms with Crippen LogP contribution in [0.1, 0.15) is 65.2 Å². The summed E-state index contributed by atoms with van der Waals surface area (Å²) in [4.78, 5) is 18.2. The summed E-state index contributed by atoms with van der Waals surface area (Å²) >= 11 is 0.